The summed E-state index contributed by atoms with van der Waals surface area (Å²) in [6.07, 6.45) is 1.89. The molecule has 1 aliphatic heterocycles. The van der Waals surface area contributed by atoms with Gasteiger partial charge in [0, 0.05) is 31.7 Å². The smallest absolute Gasteiger partial charge is 0.208 e. The van der Waals surface area contributed by atoms with E-state index in [1.165, 1.54) is 13.4 Å². The second kappa shape index (κ2) is 14.7. The predicted molar refractivity (Wildman–Crippen MR) is 177 cm³/mol. The van der Waals surface area contributed by atoms with E-state index in [1.807, 2.05) is 36.4 Å². The number of hydrogen-bond acceptors (Lipinski definition) is 11. The van der Waals surface area contributed by atoms with Gasteiger partial charge in [-0.3, -0.25) is 4.57 Å². The Morgan fingerprint density at radius 1 is 0.957 bits per heavy atom. The molecular weight excluding hydrogens is 622 g/mol. The van der Waals surface area contributed by atoms with Gasteiger partial charge in [0.15, 0.2) is 23.2 Å². The number of methoxy groups -OCH3 is 1. The fourth-order valence-corrected chi connectivity index (χ4v) is 7.40. The van der Waals surface area contributed by atoms with E-state index in [0.717, 1.165) is 36.8 Å². The number of sulfonamides is 1. The number of aliphatic hydroxyl groups is 2. The molecule has 0 bridgehead atoms. The Kier molecular flexibility index (Phi) is 10.5. The Labute approximate surface area is 274 Å². The maximum absolute atomic E-state index is 11.7. The van der Waals surface area contributed by atoms with Crippen molar-refractivity contribution < 1.29 is 28.1 Å². The molecule has 14 heteroatoms. The lowest BCUT2D eigenvalue weighted by molar-refractivity contribution is -0.0580. The van der Waals surface area contributed by atoms with E-state index in [0.29, 0.717) is 35.9 Å². The molecule has 5 N–H and O–H groups in total. The molecule has 2 aromatic carbocycles. The largest absolute Gasteiger partial charge is 0.387 e. The topological polar surface area (TPSA) is 173 Å². The van der Waals surface area contributed by atoms with Gasteiger partial charge in [0.25, 0.3) is 0 Å². The van der Waals surface area contributed by atoms with Gasteiger partial charge in [-0.1, -0.05) is 60.7 Å². The van der Waals surface area contributed by atoms with Crippen LogP contribution in [0.5, 0.6) is 0 Å². The lowest BCUT2D eigenvalue weighted by Gasteiger charge is -2.29. The first-order valence-corrected chi connectivity index (χ1v) is 17.9. The molecule has 47 heavy (non-hydrogen) atoms. The summed E-state index contributed by atoms with van der Waals surface area (Å²) in [7, 11) is -1.73. The molecule has 4 aromatic rings. The molecular formula is C33H43N7O6S. The van der Waals surface area contributed by atoms with E-state index in [4.69, 9.17) is 19.4 Å². The van der Waals surface area contributed by atoms with Crippen LogP contribution in [0.4, 0.5) is 5.82 Å². The van der Waals surface area contributed by atoms with Crippen molar-refractivity contribution in [1.82, 2.24) is 29.6 Å². The monoisotopic (exact) mass is 665 g/mol. The zero-order valence-electron chi connectivity index (χ0n) is 26.6. The van der Waals surface area contributed by atoms with Crippen LogP contribution in [0.1, 0.15) is 54.8 Å². The lowest BCUT2D eigenvalue weighted by atomic mass is 9.91. The van der Waals surface area contributed by atoms with Gasteiger partial charge in [-0.2, -0.15) is 0 Å². The van der Waals surface area contributed by atoms with Crippen molar-refractivity contribution in [3.05, 3.63) is 83.9 Å². The van der Waals surface area contributed by atoms with Gasteiger partial charge < -0.3 is 30.3 Å². The second-order valence-corrected chi connectivity index (χ2v) is 14.2. The Morgan fingerprint density at radius 2 is 1.60 bits per heavy atom. The molecule has 0 unspecified atom stereocenters. The van der Waals surface area contributed by atoms with Crippen LogP contribution in [0.15, 0.2) is 67.0 Å². The van der Waals surface area contributed by atoms with E-state index in [9.17, 15) is 18.6 Å². The van der Waals surface area contributed by atoms with Crippen LogP contribution in [-0.4, -0.2) is 95.1 Å². The van der Waals surface area contributed by atoms with Crippen LogP contribution in [0.2, 0.25) is 0 Å². The molecule has 1 saturated carbocycles. The summed E-state index contributed by atoms with van der Waals surface area (Å²) in [5.74, 6) is 1.10. The summed E-state index contributed by atoms with van der Waals surface area (Å²) >= 11 is 0. The number of aromatic nitrogens is 4. The molecule has 4 atom stereocenters. The molecule has 2 aromatic heterocycles. The number of nitrogens with one attached hydrogen (secondary N) is 3. The third kappa shape index (κ3) is 7.97. The summed E-state index contributed by atoms with van der Waals surface area (Å²) in [5, 5.41) is 28.7. The zero-order chi connectivity index (χ0) is 33.0. The van der Waals surface area contributed by atoms with Gasteiger partial charge in [0.2, 0.25) is 10.0 Å². The van der Waals surface area contributed by atoms with E-state index in [2.05, 4.69) is 44.6 Å². The highest BCUT2D eigenvalue weighted by Gasteiger charge is 2.44. The number of nitrogens with zero attached hydrogens (tertiary/aromatic N) is 4. The maximum Gasteiger partial charge on any atom is 0.208 e. The molecule has 0 radical (unpaired) electrons. The molecule has 13 nitrogen and oxygen atoms in total. The molecule has 1 aliphatic carbocycles. The van der Waals surface area contributed by atoms with Gasteiger partial charge in [0.05, 0.1) is 25.7 Å². The molecule has 2 fully saturated rings. The summed E-state index contributed by atoms with van der Waals surface area (Å²) < 4.78 is 38.9. The van der Waals surface area contributed by atoms with Gasteiger partial charge in [0.1, 0.15) is 24.1 Å². The average Bonchev–Trinajstić information content (AvgIpc) is 3.61. The number of ether oxygens (including phenoxy) is 2. The highest BCUT2D eigenvalue weighted by molar-refractivity contribution is 7.88. The Balaban J connectivity index is 1.27. The Morgan fingerprint density at radius 3 is 2.21 bits per heavy atom. The number of imidazole rings is 1. The van der Waals surface area contributed by atoms with Crippen LogP contribution >= 0.6 is 0 Å². The first kappa shape index (κ1) is 33.4. The molecule has 252 valence electrons. The van der Waals surface area contributed by atoms with Gasteiger partial charge in [-0.25, -0.2) is 28.1 Å². The molecule has 0 amide bonds. The predicted octanol–water partition coefficient (Wildman–Crippen LogP) is 2.29. The van der Waals surface area contributed by atoms with Crippen LogP contribution in [-0.2, 0) is 26.0 Å². The number of rotatable bonds is 13. The number of benzene rings is 2. The summed E-state index contributed by atoms with van der Waals surface area (Å²) in [6.45, 7) is 1.03. The minimum Gasteiger partial charge on any atom is -0.387 e. The van der Waals surface area contributed by atoms with Crippen molar-refractivity contribution in [3.8, 4) is 0 Å². The zero-order valence-corrected chi connectivity index (χ0v) is 27.4. The minimum absolute atomic E-state index is 0.0340. The van der Waals surface area contributed by atoms with Crippen molar-refractivity contribution in [2.75, 3.05) is 31.8 Å². The van der Waals surface area contributed by atoms with E-state index in [1.54, 1.807) is 10.9 Å². The third-order valence-electron chi connectivity index (χ3n) is 8.94. The molecule has 3 heterocycles. The van der Waals surface area contributed by atoms with Gasteiger partial charge in [-0.15, -0.1) is 0 Å². The fraction of sp³-hybridized carbons (Fsp3) is 0.485. The normalized spacial score (nSPS) is 25.0. The van der Waals surface area contributed by atoms with E-state index >= 15 is 0 Å². The van der Waals surface area contributed by atoms with E-state index < -0.39 is 34.6 Å². The van der Waals surface area contributed by atoms with Crippen LogP contribution < -0.4 is 15.4 Å². The second-order valence-electron chi connectivity index (χ2n) is 12.4. The van der Waals surface area contributed by atoms with Crippen molar-refractivity contribution in [2.24, 2.45) is 0 Å². The molecule has 1 saturated heterocycles. The highest BCUT2D eigenvalue weighted by atomic mass is 32.2. The first-order chi connectivity index (χ1) is 22.7. The molecule has 2 aliphatic rings. The number of anilines is 1. The maximum atomic E-state index is 11.7. The van der Waals surface area contributed by atoms with Gasteiger partial charge >= 0.3 is 0 Å². The summed E-state index contributed by atoms with van der Waals surface area (Å²) in [4.78, 5) is 14.4. The fourth-order valence-electron chi connectivity index (χ4n) is 6.56. The number of aliphatic hydroxyl groups excluding tert-OH is 2. The van der Waals surface area contributed by atoms with E-state index in [-0.39, 0.29) is 24.6 Å². The third-order valence-corrected chi connectivity index (χ3v) is 9.71. The molecule has 0 spiro atoms. The van der Waals surface area contributed by atoms with Crippen molar-refractivity contribution in [1.29, 1.82) is 0 Å². The Bertz CT molecular complexity index is 1680. The van der Waals surface area contributed by atoms with Crippen molar-refractivity contribution in [2.45, 2.75) is 74.8 Å². The summed E-state index contributed by atoms with van der Waals surface area (Å²) in [6, 6.07) is 20.7. The number of fused-ring (bicyclic) bond motifs is 1. The van der Waals surface area contributed by atoms with Crippen LogP contribution in [0.25, 0.3) is 11.2 Å². The quantitative estimate of drug-likeness (QED) is 0.142. The van der Waals surface area contributed by atoms with Crippen molar-refractivity contribution >= 4 is 27.0 Å². The minimum atomic E-state index is -3.25. The number of hydrogen-bond donors (Lipinski definition) is 5. The Hall–Kier alpha value is -3.50. The summed E-state index contributed by atoms with van der Waals surface area (Å²) in [5.41, 5.74) is 3.29. The average molecular weight is 666 g/mol. The van der Waals surface area contributed by atoms with Crippen LogP contribution in [0, 0.1) is 0 Å². The highest BCUT2D eigenvalue weighted by Crippen LogP contribution is 2.33. The molecule has 6 rings (SSSR count). The van der Waals surface area contributed by atoms with Crippen LogP contribution in [0.3, 0.4) is 0 Å². The SMILES string of the molecule is COC[C@H]1O[C@@H](n2cnc3c(NCC(c4ccccc4)c4ccccc4)nc(CNC4CCC(NS(C)(=O)=O)CC4)nc32)[C@H](O)[C@@H]1O. The standard InChI is InChI=1S/C33H43N7O6S/c1-45-19-26-29(41)30(42)33(46-26)40-20-36-28-31(35-17-25(21-9-5-3-6-10-21)22-11-7-4-8-12-22)37-27(38-32(28)40)18-34-23-13-15-24(16-14-23)39-47(2,43)44/h3-12,20,23-26,29-30,33-34,39,41-42H,13-19H2,1-2H3,(H,35,37,38)/t23?,24?,26-,29-,30-,33-/m1/s1. The lowest BCUT2D eigenvalue weighted by Crippen LogP contribution is -2.41. The van der Waals surface area contributed by atoms with Gasteiger partial charge in [-0.05, 0) is 36.8 Å². The first-order valence-electron chi connectivity index (χ1n) is 16.0. The van der Waals surface area contributed by atoms with Crippen molar-refractivity contribution in [3.63, 3.8) is 0 Å².